The zero-order valence-electron chi connectivity index (χ0n) is 13.9. The Morgan fingerprint density at radius 2 is 1.88 bits per heavy atom. The van der Waals surface area contributed by atoms with E-state index in [0.29, 0.717) is 17.3 Å². The molecule has 0 fully saturated rings. The summed E-state index contributed by atoms with van der Waals surface area (Å²) in [5.41, 5.74) is 0.886. The van der Waals surface area contributed by atoms with E-state index < -0.39 is 17.3 Å². The van der Waals surface area contributed by atoms with Gasteiger partial charge < -0.3 is 9.84 Å². The Morgan fingerprint density at radius 1 is 1.24 bits per heavy atom. The Balaban J connectivity index is 2.37. The Bertz CT molecular complexity index is 747. The van der Waals surface area contributed by atoms with E-state index in [-0.39, 0.29) is 10.5 Å². The van der Waals surface area contributed by atoms with Crippen molar-refractivity contribution in [1.29, 1.82) is 0 Å². The van der Waals surface area contributed by atoms with Crippen molar-refractivity contribution < 1.29 is 19.6 Å². The number of hydrogen-bond donors (Lipinski definition) is 1. The fraction of sp³-hybridized carbons (Fsp3) is 0.278. The molecule has 0 amide bonds. The highest BCUT2D eigenvalue weighted by Gasteiger charge is 2.30. The van der Waals surface area contributed by atoms with E-state index in [4.69, 9.17) is 4.74 Å². The number of carboxylic acids is 1. The van der Waals surface area contributed by atoms with E-state index in [1.165, 1.54) is 24.8 Å². The number of ether oxygens (including phenoxy) is 1. The summed E-state index contributed by atoms with van der Waals surface area (Å²) in [6.45, 7) is 3.94. The number of thioether (sulfide) groups is 1. The Hall–Kier alpha value is -2.54. The fourth-order valence-electron chi connectivity index (χ4n) is 2.36. The number of carbonyl (C=O) groups is 1. The van der Waals surface area contributed by atoms with Gasteiger partial charge in [-0.1, -0.05) is 24.3 Å². The average molecular weight is 361 g/mol. The summed E-state index contributed by atoms with van der Waals surface area (Å²) in [7, 11) is 0. The van der Waals surface area contributed by atoms with Gasteiger partial charge in [-0.2, -0.15) is 0 Å². The van der Waals surface area contributed by atoms with Crippen molar-refractivity contribution in [1.82, 2.24) is 0 Å². The van der Waals surface area contributed by atoms with Gasteiger partial charge in [-0.25, -0.2) is 4.79 Å². The Morgan fingerprint density at radius 3 is 2.44 bits per heavy atom. The first-order valence-corrected chi connectivity index (χ1v) is 8.67. The highest BCUT2D eigenvalue weighted by Crippen LogP contribution is 2.40. The molecule has 7 heteroatoms. The minimum Gasteiger partial charge on any atom is -0.494 e. The molecule has 0 saturated carbocycles. The molecule has 0 aliphatic carbocycles. The number of hydrogen-bond acceptors (Lipinski definition) is 5. The quantitative estimate of drug-likeness (QED) is 0.429. The Labute approximate surface area is 150 Å². The van der Waals surface area contributed by atoms with Crippen LogP contribution in [0, 0.1) is 10.1 Å². The fourth-order valence-corrected chi connectivity index (χ4v) is 3.66. The lowest BCUT2D eigenvalue weighted by atomic mass is 10.1. The monoisotopic (exact) mass is 361 g/mol. The molecule has 0 spiro atoms. The standard InChI is InChI=1S/C18H19NO5S/c1-3-24-14-10-8-13(9-11-14)17(12(2)19(22)23)25-16-7-5-4-6-15(16)18(20)21/h4-12,17H,3H2,1-2H3,(H,20,21). The molecule has 2 unspecified atom stereocenters. The third-order valence-corrected chi connectivity index (χ3v) is 5.19. The third-order valence-electron chi connectivity index (χ3n) is 3.66. The van der Waals surface area contributed by atoms with E-state index >= 15 is 0 Å². The molecule has 0 heterocycles. The van der Waals surface area contributed by atoms with Crippen molar-refractivity contribution in [2.24, 2.45) is 0 Å². The first-order chi connectivity index (χ1) is 11.9. The third kappa shape index (κ3) is 4.73. The maximum atomic E-state index is 11.4. The zero-order valence-corrected chi connectivity index (χ0v) is 14.7. The highest BCUT2D eigenvalue weighted by atomic mass is 32.2. The topological polar surface area (TPSA) is 89.7 Å². The predicted molar refractivity (Wildman–Crippen MR) is 96.1 cm³/mol. The van der Waals surface area contributed by atoms with Crippen molar-refractivity contribution in [2.75, 3.05) is 6.61 Å². The Kier molecular flexibility index (Phi) is 6.41. The van der Waals surface area contributed by atoms with Crippen molar-refractivity contribution in [2.45, 2.75) is 30.0 Å². The van der Waals surface area contributed by atoms with Crippen molar-refractivity contribution in [3.63, 3.8) is 0 Å². The summed E-state index contributed by atoms with van der Waals surface area (Å²) in [5, 5.41) is 20.2. The first kappa shape index (κ1) is 18.8. The van der Waals surface area contributed by atoms with Crippen LogP contribution < -0.4 is 4.74 Å². The van der Waals surface area contributed by atoms with Crippen LogP contribution in [0.2, 0.25) is 0 Å². The number of carboxylic acid groups (broad SMARTS) is 1. The first-order valence-electron chi connectivity index (χ1n) is 7.79. The lowest BCUT2D eigenvalue weighted by molar-refractivity contribution is -0.518. The van der Waals surface area contributed by atoms with Crippen LogP contribution in [-0.2, 0) is 0 Å². The summed E-state index contributed by atoms with van der Waals surface area (Å²) in [6.07, 6.45) is 0. The minimum absolute atomic E-state index is 0.138. The molecular weight excluding hydrogens is 342 g/mol. The van der Waals surface area contributed by atoms with Crippen LogP contribution in [0.3, 0.4) is 0 Å². The summed E-state index contributed by atoms with van der Waals surface area (Å²) in [5.74, 6) is -0.364. The molecule has 2 atom stereocenters. The molecule has 0 aliphatic rings. The van der Waals surface area contributed by atoms with Gasteiger partial charge in [-0.3, -0.25) is 10.1 Å². The van der Waals surface area contributed by atoms with Gasteiger partial charge in [-0.15, -0.1) is 11.8 Å². The minimum atomic E-state index is -1.05. The molecule has 6 nitrogen and oxygen atoms in total. The van der Waals surface area contributed by atoms with Gasteiger partial charge in [0.25, 0.3) is 0 Å². The van der Waals surface area contributed by atoms with Gasteiger partial charge in [0.1, 0.15) is 11.0 Å². The molecule has 0 radical (unpaired) electrons. The smallest absolute Gasteiger partial charge is 0.336 e. The second kappa shape index (κ2) is 8.53. The van der Waals surface area contributed by atoms with Crippen LogP contribution in [0.4, 0.5) is 0 Å². The predicted octanol–water partition coefficient (Wildman–Crippen LogP) is 4.28. The summed E-state index contributed by atoms with van der Waals surface area (Å²) >= 11 is 1.19. The van der Waals surface area contributed by atoms with Crippen molar-refractivity contribution in [3.8, 4) is 5.75 Å². The number of nitrogens with zero attached hydrogens (tertiary/aromatic N) is 1. The maximum absolute atomic E-state index is 11.4. The molecule has 0 aromatic heterocycles. The van der Waals surface area contributed by atoms with Gasteiger partial charge in [0, 0.05) is 16.7 Å². The number of rotatable bonds is 8. The lowest BCUT2D eigenvalue weighted by Gasteiger charge is -2.19. The van der Waals surface area contributed by atoms with Gasteiger partial charge in [0.15, 0.2) is 0 Å². The van der Waals surface area contributed by atoms with E-state index in [0.717, 1.165) is 5.56 Å². The summed E-state index contributed by atoms with van der Waals surface area (Å²) in [6, 6.07) is 12.7. The average Bonchev–Trinajstić information content (AvgIpc) is 2.60. The van der Waals surface area contributed by atoms with E-state index in [1.54, 1.807) is 42.5 Å². The lowest BCUT2D eigenvalue weighted by Crippen LogP contribution is -2.22. The van der Waals surface area contributed by atoms with Gasteiger partial charge >= 0.3 is 5.97 Å². The molecule has 2 rings (SSSR count). The second-order valence-corrected chi connectivity index (χ2v) is 6.55. The number of nitro groups is 1. The van der Waals surface area contributed by atoms with Gasteiger partial charge in [0.2, 0.25) is 6.04 Å². The van der Waals surface area contributed by atoms with E-state index in [9.17, 15) is 20.0 Å². The van der Waals surface area contributed by atoms with Crippen LogP contribution >= 0.6 is 11.8 Å². The van der Waals surface area contributed by atoms with Crippen LogP contribution in [0.5, 0.6) is 5.75 Å². The highest BCUT2D eigenvalue weighted by molar-refractivity contribution is 7.99. The van der Waals surface area contributed by atoms with Gasteiger partial charge in [0.05, 0.1) is 12.2 Å². The number of benzene rings is 2. The SMILES string of the molecule is CCOc1ccc(C(Sc2ccccc2C(=O)O)C(C)[N+](=O)[O-])cc1. The van der Waals surface area contributed by atoms with Crippen LogP contribution in [0.1, 0.15) is 35.0 Å². The molecule has 25 heavy (non-hydrogen) atoms. The van der Waals surface area contributed by atoms with Crippen molar-refractivity contribution >= 4 is 17.7 Å². The molecule has 2 aromatic carbocycles. The van der Waals surface area contributed by atoms with Crippen LogP contribution in [-0.4, -0.2) is 28.6 Å². The van der Waals surface area contributed by atoms with Crippen LogP contribution in [0.15, 0.2) is 53.4 Å². The second-order valence-electron chi connectivity index (χ2n) is 5.37. The molecule has 1 N–H and O–H groups in total. The largest absolute Gasteiger partial charge is 0.494 e. The van der Waals surface area contributed by atoms with Crippen molar-refractivity contribution in [3.05, 3.63) is 69.8 Å². The molecule has 0 aliphatic heterocycles. The molecular formula is C18H19NO5S. The van der Waals surface area contributed by atoms with E-state index in [2.05, 4.69) is 0 Å². The summed E-state index contributed by atoms with van der Waals surface area (Å²) < 4.78 is 5.40. The zero-order chi connectivity index (χ0) is 18.4. The van der Waals surface area contributed by atoms with E-state index in [1.807, 2.05) is 6.92 Å². The number of aromatic carboxylic acids is 1. The normalized spacial score (nSPS) is 13.0. The van der Waals surface area contributed by atoms with Gasteiger partial charge in [-0.05, 0) is 36.8 Å². The molecule has 132 valence electrons. The molecule has 0 saturated heterocycles. The summed E-state index contributed by atoms with van der Waals surface area (Å²) in [4.78, 5) is 22.9. The van der Waals surface area contributed by atoms with Crippen LogP contribution in [0.25, 0.3) is 0 Å². The molecule has 0 bridgehead atoms. The molecule has 2 aromatic rings. The maximum Gasteiger partial charge on any atom is 0.336 e.